The van der Waals surface area contributed by atoms with Crippen LogP contribution in [0.15, 0.2) is 36.4 Å². The summed E-state index contributed by atoms with van der Waals surface area (Å²) in [5.41, 5.74) is 0. The highest BCUT2D eigenvalue weighted by Crippen LogP contribution is 1.79. The summed E-state index contributed by atoms with van der Waals surface area (Å²) in [6, 6.07) is 12.0. The van der Waals surface area contributed by atoms with Crippen LogP contribution in [0.5, 0.6) is 0 Å². The Balaban J connectivity index is 0. The minimum Gasteiger partial charge on any atom is -0.481 e. The fraction of sp³-hybridized carbons (Fsp3) is 0.333. The fourth-order valence-corrected chi connectivity index (χ4v) is 0.385. The maximum absolute atomic E-state index is 9.37. The first-order chi connectivity index (χ1) is 7.54. The zero-order valence-electron chi connectivity index (χ0n) is 9.59. The van der Waals surface area contributed by atoms with Crippen molar-refractivity contribution in [1.82, 2.24) is 0 Å². The lowest BCUT2D eigenvalue weighted by molar-refractivity contribution is -0.137. The largest absolute Gasteiger partial charge is 0.481 e. The molecule has 2 N–H and O–H groups in total. The molecule has 0 fully saturated rings. The Morgan fingerprint density at radius 1 is 0.750 bits per heavy atom. The molecule has 4 nitrogen and oxygen atoms in total. The lowest BCUT2D eigenvalue weighted by Crippen LogP contribution is -1.86. The Labute approximate surface area is 95.5 Å². The van der Waals surface area contributed by atoms with Gasteiger partial charge in [0.05, 0.1) is 0 Å². The Morgan fingerprint density at radius 3 is 0.938 bits per heavy atom. The molecule has 0 saturated carbocycles. The summed E-state index contributed by atoms with van der Waals surface area (Å²) in [5, 5.41) is 15.4. The molecule has 1 rings (SSSR count). The molecule has 1 aromatic rings. The Hall–Kier alpha value is -1.84. The number of hydrogen-bond donors (Lipinski definition) is 2. The zero-order valence-corrected chi connectivity index (χ0v) is 9.59. The van der Waals surface area contributed by atoms with Crippen molar-refractivity contribution >= 4 is 11.9 Å². The molecule has 90 valence electrons. The number of benzene rings is 1. The molecular weight excluding hydrogens is 208 g/mol. The normalized spacial score (nSPS) is 7.62. The van der Waals surface area contributed by atoms with Gasteiger partial charge in [-0.2, -0.15) is 0 Å². The van der Waals surface area contributed by atoms with Gasteiger partial charge in [-0.1, -0.05) is 50.2 Å². The van der Waals surface area contributed by atoms with Crippen molar-refractivity contribution in [1.29, 1.82) is 0 Å². The molecular formula is C12H18O4. The molecule has 0 radical (unpaired) electrons. The van der Waals surface area contributed by atoms with E-state index in [1.54, 1.807) is 13.8 Å². The van der Waals surface area contributed by atoms with Gasteiger partial charge in [0.2, 0.25) is 0 Å². The van der Waals surface area contributed by atoms with Gasteiger partial charge >= 0.3 is 11.9 Å². The summed E-state index contributed by atoms with van der Waals surface area (Å²) in [5.74, 6) is -1.49. The zero-order chi connectivity index (χ0) is 12.8. The lowest BCUT2D eigenvalue weighted by atomic mass is 10.4. The van der Waals surface area contributed by atoms with E-state index in [0.717, 1.165) is 0 Å². The van der Waals surface area contributed by atoms with E-state index >= 15 is 0 Å². The first kappa shape index (κ1) is 16.6. The predicted molar refractivity (Wildman–Crippen MR) is 62.3 cm³/mol. The van der Waals surface area contributed by atoms with Gasteiger partial charge in [-0.25, -0.2) is 0 Å². The molecule has 0 atom stereocenters. The molecule has 0 aliphatic rings. The van der Waals surface area contributed by atoms with E-state index in [1.165, 1.54) is 0 Å². The summed E-state index contributed by atoms with van der Waals surface area (Å²) in [6.45, 7) is 3.20. The third-order valence-electron chi connectivity index (χ3n) is 1.27. The van der Waals surface area contributed by atoms with Crippen molar-refractivity contribution < 1.29 is 19.8 Å². The van der Waals surface area contributed by atoms with Crippen LogP contribution in [0.3, 0.4) is 0 Å². The average Bonchev–Trinajstić information content (AvgIpc) is 2.32. The SMILES string of the molecule is CCC(=O)O.CCC(=O)O.c1ccccc1. The summed E-state index contributed by atoms with van der Waals surface area (Å²) < 4.78 is 0. The number of carboxylic acids is 2. The first-order valence-corrected chi connectivity index (χ1v) is 4.98. The van der Waals surface area contributed by atoms with Crippen LogP contribution >= 0.6 is 0 Å². The van der Waals surface area contributed by atoms with Crippen LogP contribution in [0, 0.1) is 0 Å². The summed E-state index contributed by atoms with van der Waals surface area (Å²) in [7, 11) is 0. The molecule has 0 aromatic heterocycles. The Bertz CT molecular complexity index is 229. The highest BCUT2D eigenvalue weighted by Gasteiger charge is 1.81. The molecule has 0 aliphatic heterocycles. The van der Waals surface area contributed by atoms with E-state index in [0.29, 0.717) is 0 Å². The van der Waals surface area contributed by atoms with Crippen molar-refractivity contribution in [2.75, 3.05) is 0 Å². The number of rotatable bonds is 2. The highest BCUT2D eigenvalue weighted by atomic mass is 16.4. The van der Waals surface area contributed by atoms with Crippen LogP contribution in [0.1, 0.15) is 26.7 Å². The van der Waals surface area contributed by atoms with Crippen LogP contribution in [-0.2, 0) is 9.59 Å². The number of aliphatic carboxylic acids is 2. The smallest absolute Gasteiger partial charge is 0.303 e. The number of carboxylic acid groups (broad SMARTS) is 2. The number of hydrogen-bond acceptors (Lipinski definition) is 2. The summed E-state index contributed by atoms with van der Waals surface area (Å²) in [6.07, 6.45) is 0.444. The van der Waals surface area contributed by atoms with Crippen LogP contribution in [-0.4, -0.2) is 22.2 Å². The van der Waals surface area contributed by atoms with Crippen molar-refractivity contribution in [2.24, 2.45) is 0 Å². The summed E-state index contributed by atoms with van der Waals surface area (Å²) >= 11 is 0. The molecule has 0 aliphatic carbocycles. The van der Waals surface area contributed by atoms with Gasteiger partial charge in [0.25, 0.3) is 0 Å². The van der Waals surface area contributed by atoms with Gasteiger partial charge in [-0.05, 0) is 0 Å². The highest BCUT2D eigenvalue weighted by molar-refractivity contribution is 5.66. The van der Waals surface area contributed by atoms with Gasteiger partial charge in [0, 0.05) is 12.8 Å². The fourth-order valence-electron chi connectivity index (χ4n) is 0.385. The van der Waals surface area contributed by atoms with Gasteiger partial charge < -0.3 is 10.2 Å². The van der Waals surface area contributed by atoms with Gasteiger partial charge in [0.15, 0.2) is 0 Å². The van der Waals surface area contributed by atoms with Crippen molar-refractivity contribution in [3.8, 4) is 0 Å². The third kappa shape index (κ3) is 22.7. The molecule has 0 bridgehead atoms. The second-order valence-corrected chi connectivity index (χ2v) is 2.65. The monoisotopic (exact) mass is 226 g/mol. The quantitative estimate of drug-likeness (QED) is 0.812. The molecule has 0 saturated heterocycles. The van der Waals surface area contributed by atoms with Crippen LogP contribution in [0.25, 0.3) is 0 Å². The maximum atomic E-state index is 9.37. The van der Waals surface area contributed by atoms with E-state index in [4.69, 9.17) is 10.2 Å². The van der Waals surface area contributed by atoms with Crippen LogP contribution < -0.4 is 0 Å². The van der Waals surface area contributed by atoms with Crippen molar-refractivity contribution in [3.05, 3.63) is 36.4 Å². The Morgan fingerprint density at radius 2 is 0.875 bits per heavy atom. The minimum absolute atomic E-state index is 0.222. The second-order valence-electron chi connectivity index (χ2n) is 2.65. The van der Waals surface area contributed by atoms with Crippen molar-refractivity contribution in [2.45, 2.75) is 26.7 Å². The van der Waals surface area contributed by atoms with E-state index in [9.17, 15) is 9.59 Å². The molecule has 4 heteroatoms. The van der Waals surface area contributed by atoms with Gasteiger partial charge in [-0.15, -0.1) is 0 Å². The molecule has 0 unspecified atom stereocenters. The summed E-state index contributed by atoms with van der Waals surface area (Å²) in [4.78, 5) is 18.7. The van der Waals surface area contributed by atoms with E-state index in [-0.39, 0.29) is 12.8 Å². The molecule has 0 amide bonds. The number of carbonyl (C=O) groups is 2. The van der Waals surface area contributed by atoms with Crippen LogP contribution in [0.4, 0.5) is 0 Å². The topological polar surface area (TPSA) is 74.6 Å². The standard InChI is InChI=1S/C6H6.2C3H6O2/c1-2-4-6-5-3-1;2*1-2-3(4)5/h1-6H;2*2H2,1H3,(H,4,5). The first-order valence-electron chi connectivity index (χ1n) is 4.98. The average molecular weight is 226 g/mol. The van der Waals surface area contributed by atoms with E-state index < -0.39 is 11.9 Å². The molecule has 0 heterocycles. The van der Waals surface area contributed by atoms with Crippen LogP contribution in [0.2, 0.25) is 0 Å². The van der Waals surface area contributed by atoms with Crippen molar-refractivity contribution in [3.63, 3.8) is 0 Å². The minimum atomic E-state index is -0.745. The van der Waals surface area contributed by atoms with Gasteiger partial charge in [0.1, 0.15) is 0 Å². The molecule has 1 aromatic carbocycles. The van der Waals surface area contributed by atoms with E-state index in [1.807, 2.05) is 36.4 Å². The molecule has 16 heavy (non-hydrogen) atoms. The Kier molecular flexibility index (Phi) is 13.6. The second kappa shape index (κ2) is 13.2. The lowest BCUT2D eigenvalue weighted by Gasteiger charge is -1.71. The van der Waals surface area contributed by atoms with Gasteiger partial charge in [-0.3, -0.25) is 9.59 Å². The predicted octanol–water partition coefficient (Wildman–Crippen LogP) is 2.65. The molecule has 0 spiro atoms. The van der Waals surface area contributed by atoms with E-state index in [2.05, 4.69) is 0 Å². The maximum Gasteiger partial charge on any atom is 0.303 e. The third-order valence-corrected chi connectivity index (χ3v) is 1.27.